The van der Waals surface area contributed by atoms with Crippen LogP contribution >= 0.6 is 11.6 Å². The minimum atomic E-state index is 0.0876. The van der Waals surface area contributed by atoms with Gasteiger partial charge in [-0.25, -0.2) is 4.98 Å². The van der Waals surface area contributed by atoms with E-state index >= 15 is 0 Å². The van der Waals surface area contributed by atoms with Crippen LogP contribution in [0.15, 0.2) is 29.1 Å². The Balaban J connectivity index is 1.29. The van der Waals surface area contributed by atoms with Crippen molar-refractivity contribution in [3.05, 3.63) is 56.7 Å². The quantitative estimate of drug-likeness (QED) is 0.835. The fourth-order valence-electron chi connectivity index (χ4n) is 4.44. The summed E-state index contributed by atoms with van der Waals surface area (Å²) >= 11 is 6.01. The van der Waals surface area contributed by atoms with Crippen LogP contribution in [-0.2, 0) is 19.3 Å². The summed E-state index contributed by atoms with van der Waals surface area (Å²) in [6, 6.07) is 8.62. The van der Waals surface area contributed by atoms with Gasteiger partial charge in [0.15, 0.2) is 0 Å². The van der Waals surface area contributed by atoms with Gasteiger partial charge in [-0.3, -0.25) is 9.69 Å². The number of aromatic nitrogens is 2. The minimum Gasteiger partial charge on any atom is -0.369 e. The minimum absolute atomic E-state index is 0.0876. The first kappa shape index (κ1) is 19.5. The van der Waals surface area contributed by atoms with E-state index in [1.54, 1.807) is 0 Å². The molecule has 1 aliphatic heterocycles. The van der Waals surface area contributed by atoms with Crippen molar-refractivity contribution in [3.8, 4) is 0 Å². The first-order valence-electron chi connectivity index (χ1n) is 10.5. The van der Waals surface area contributed by atoms with Crippen LogP contribution in [0.3, 0.4) is 0 Å². The van der Waals surface area contributed by atoms with E-state index < -0.39 is 0 Å². The fraction of sp³-hybridized carbons (Fsp3) is 0.545. The highest BCUT2D eigenvalue weighted by Gasteiger charge is 2.23. The predicted molar refractivity (Wildman–Crippen MR) is 115 cm³/mol. The lowest BCUT2D eigenvalue weighted by molar-refractivity contribution is 0.187. The molecular weight excluding hydrogens is 372 g/mol. The number of hydrogen-bond donors (Lipinski definition) is 1. The van der Waals surface area contributed by atoms with Crippen LogP contribution in [0.25, 0.3) is 0 Å². The van der Waals surface area contributed by atoms with Gasteiger partial charge in [-0.1, -0.05) is 11.6 Å². The van der Waals surface area contributed by atoms with Gasteiger partial charge < -0.3 is 9.88 Å². The highest BCUT2D eigenvalue weighted by atomic mass is 35.5. The third-order valence-corrected chi connectivity index (χ3v) is 6.31. The lowest BCUT2D eigenvalue weighted by atomic mass is 9.97. The molecule has 0 unspecified atom stereocenters. The molecule has 2 aliphatic rings. The summed E-state index contributed by atoms with van der Waals surface area (Å²) in [5.41, 5.74) is 3.29. The van der Waals surface area contributed by atoms with E-state index in [-0.39, 0.29) is 5.56 Å². The van der Waals surface area contributed by atoms with Crippen LogP contribution in [0.2, 0.25) is 5.02 Å². The standard InChI is InChI=1S/C22H29ClN4O/c1-16-15-27(18-10-8-17(23)9-11-18)14-13-26(16)12-4-7-21-24-20-6-3-2-5-19(20)22(28)25-21/h8-11,16H,2-7,12-15H2,1H3,(H,24,25,28)/t16-/m0/s1. The summed E-state index contributed by atoms with van der Waals surface area (Å²) in [5.74, 6) is 0.859. The number of halogens is 1. The van der Waals surface area contributed by atoms with Gasteiger partial charge in [0.2, 0.25) is 0 Å². The summed E-state index contributed by atoms with van der Waals surface area (Å²) in [6.45, 7) is 6.44. The Morgan fingerprint density at radius 2 is 1.96 bits per heavy atom. The molecule has 2 heterocycles. The van der Waals surface area contributed by atoms with Crippen LogP contribution < -0.4 is 10.5 Å². The lowest BCUT2D eigenvalue weighted by Gasteiger charge is -2.41. The van der Waals surface area contributed by atoms with Gasteiger partial charge in [0.1, 0.15) is 5.82 Å². The number of hydrogen-bond acceptors (Lipinski definition) is 4. The average Bonchev–Trinajstić information content (AvgIpc) is 2.70. The maximum atomic E-state index is 12.3. The number of benzene rings is 1. The Kier molecular flexibility index (Phi) is 6.02. The molecule has 2 aromatic rings. The van der Waals surface area contributed by atoms with Crippen LogP contribution in [-0.4, -0.2) is 47.1 Å². The molecule has 1 saturated heterocycles. The highest BCUT2D eigenvalue weighted by Crippen LogP contribution is 2.22. The molecule has 1 atom stereocenters. The first-order chi connectivity index (χ1) is 13.6. The van der Waals surface area contributed by atoms with Crippen molar-refractivity contribution < 1.29 is 0 Å². The molecule has 4 rings (SSSR count). The van der Waals surface area contributed by atoms with Crippen molar-refractivity contribution in [2.75, 3.05) is 31.1 Å². The molecule has 0 bridgehead atoms. The molecule has 0 spiro atoms. The van der Waals surface area contributed by atoms with Crippen LogP contribution in [0, 0.1) is 0 Å². The van der Waals surface area contributed by atoms with Crippen molar-refractivity contribution in [1.82, 2.24) is 14.9 Å². The van der Waals surface area contributed by atoms with Gasteiger partial charge in [0.05, 0.1) is 5.69 Å². The summed E-state index contributed by atoms with van der Waals surface area (Å²) in [7, 11) is 0. The second-order valence-corrected chi connectivity index (χ2v) is 8.49. The molecule has 1 aromatic carbocycles. The maximum Gasteiger partial charge on any atom is 0.254 e. The smallest absolute Gasteiger partial charge is 0.254 e. The number of piperazine rings is 1. The largest absolute Gasteiger partial charge is 0.369 e. The molecule has 1 aliphatic carbocycles. The first-order valence-corrected chi connectivity index (χ1v) is 10.8. The molecule has 28 heavy (non-hydrogen) atoms. The van der Waals surface area contributed by atoms with E-state index in [1.807, 2.05) is 12.1 Å². The van der Waals surface area contributed by atoms with Crippen molar-refractivity contribution in [2.24, 2.45) is 0 Å². The van der Waals surface area contributed by atoms with E-state index in [9.17, 15) is 4.79 Å². The summed E-state index contributed by atoms with van der Waals surface area (Å²) < 4.78 is 0. The van der Waals surface area contributed by atoms with Gasteiger partial charge in [0.25, 0.3) is 5.56 Å². The summed E-state index contributed by atoms with van der Waals surface area (Å²) in [4.78, 5) is 25.0. The maximum absolute atomic E-state index is 12.3. The van der Waals surface area contributed by atoms with Crippen molar-refractivity contribution >= 4 is 17.3 Å². The van der Waals surface area contributed by atoms with E-state index in [4.69, 9.17) is 16.6 Å². The van der Waals surface area contributed by atoms with Gasteiger partial charge in [-0.2, -0.15) is 0 Å². The SMILES string of the molecule is C[C@H]1CN(c2ccc(Cl)cc2)CCN1CCCc1nc2c(c(=O)[nH]1)CCCC2. The molecule has 1 N–H and O–H groups in total. The fourth-order valence-corrected chi connectivity index (χ4v) is 4.56. The van der Waals surface area contributed by atoms with Crippen LogP contribution in [0.4, 0.5) is 5.69 Å². The zero-order valence-electron chi connectivity index (χ0n) is 16.6. The molecule has 6 heteroatoms. The van der Waals surface area contributed by atoms with Gasteiger partial charge in [-0.15, -0.1) is 0 Å². The van der Waals surface area contributed by atoms with Gasteiger partial charge in [0, 0.05) is 48.4 Å². The molecule has 0 radical (unpaired) electrons. The Morgan fingerprint density at radius 3 is 2.75 bits per heavy atom. The summed E-state index contributed by atoms with van der Waals surface area (Å²) in [6.07, 6.45) is 5.96. The normalized spacial score (nSPS) is 20.2. The molecule has 1 aromatic heterocycles. The van der Waals surface area contributed by atoms with Crippen molar-refractivity contribution in [2.45, 2.75) is 51.5 Å². The Labute approximate surface area is 171 Å². The third kappa shape index (κ3) is 4.41. The Bertz CT molecular complexity index is 864. The number of rotatable bonds is 5. The Hall–Kier alpha value is -1.85. The molecule has 150 valence electrons. The number of fused-ring (bicyclic) bond motifs is 1. The van der Waals surface area contributed by atoms with E-state index in [1.165, 1.54) is 5.69 Å². The molecular formula is C22H29ClN4O. The van der Waals surface area contributed by atoms with Crippen LogP contribution in [0.1, 0.15) is 43.3 Å². The van der Waals surface area contributed by atoms with E-state index in [0.717, 1.165) is 86.8 Å². The third-order valence-electron chi connectivity index (χ3n) is 6.06. The number of anilines is 1. The number of H-pyrrole nitrogens is 1. The zero-order valence-corrected chi connectivity index (χ0v) is 17.3. The topological polar surface area (TPSA) is 52.2 Å². The second kappa shape index (κ2) is 8.66. The predicted octanol–water partition coefficient (Wildman–Crippen LogP) is 3.45. The summed E-state index contributed by atoms with van der Waals surface area (Å²) in [5, 5.41) is 0.782. The van der Waals surface area contributed by atoms with E-state index in [0.29, 0.717) is 6.04 Å². The van der Waals surface area contributed by atoms with E-state index in [2.05, 4.69) is 33.8 Å². The number of aromatic amines is 1. The average molecular weight is 401 g/mol. The monoisotopic (exact) mass is 400 g/mol. The molecule has 1 fully saturated rings. The molecule has 0 amide bonds. The van der Waals surface area contributed by atoms with Gasteiger partial charge >= 0.3 is 0 Å². The zero-order chi connectivity index (χ0) is 19.5. The number of nitrogens with one attached hydrogen (secondary N) is 1. The second-order valence-electron chi connectivity index (χ2n) is 8.06. The highest BCUT2D eigenvalue weighted by molar-refractivity contribution is 6.30. The van der Waals surface area contributed by atoms with Crippen molar-refractivity contribution in [3.63, 3.8) is 0 Å². The van der Waals surface area contributed by atoms with Gasteiger partial charge in [-0.05, 0) is 69.8 Å². The number of aryl methyl sites for hydroxylation is 2. The van der Waals surface area contributed by atoms with Crippen molar-refractivity contribution in [1.29, 1.82) is 0 Å². The molecule has 0 saturated carbocycles. The molecule has 5 nitrogen and oxygen atoms in total. The Morgan fingerprint density at radius 1 is 1.18 bits per heavy atom. The van der Waals surface area contributed by atoms with Crippen LogP contribution in [0.5, 0.6) is 0 Å². The lowest BCUT2D eigenvalue weighted by Crippen LogP contribution is -2.52. The number of nitrogens with zero attached hydrogens (tertiary/aromatic N) is 3.